The van der Waals surface area contributed by atoms with Crippen molar-refractivity contribution in [1.29, 1.82) is 0 Å². The molecule has 1 aromatic carbocycles. The van der Waals surface area contributed by atoms with Crippen molar-refractivity contribution >= 4 is 15.9 Å². The van der Waals surface area contributed by atoms with Gasteiger partial charge in [0.25, 0.3) is 0 Å². The molecule has 10 heteroatoms. The molecule has 9 nitrogen and oxygen atoms in total. The molecule has 0 aliphatic heterocycles. The highest BCUT2D eigenvalue weighted by Crippen LogP contribution is 2.27. The van der Waals surface area contributed by atoms with E-state index in [9.17, 15) is 13.2 Å². The number of amides is 1. The third-order valence-corrected chi connectivity index (χ3v) is 6.18. The average molecular weight is 469 g/mol. The Hall–Kier alpha value is -2.56. The van der Waals surface area contributed by atoms with Crippen LogP contribution in [0.3, 0.4) is 0 Å². The highest BCUT2D eigenvalue weighted by molar-refractivity contribution is 7.88. The summed E-state index contributed by atoms with van der Waals surface area (Å²) in [5.41, 5.74) is 0.958. The zero-order valence-corrected chi connectivity index (χ0v) is 19.9. The fourth-order valence-electron chi connectivity index (χ4n) is 3.18. The fraction of sp³-hybridized carbons (Fsp3) is 0.500. The van der Waals surface area contributed by atoms with Gasteiger partial charge in [-0.2, -0.15) is 4.31 Å². The number of sulfonamides is 1. The number of ether oxygens (including phenoxy) is 3. The molecule has 0 atom stereocenters. The van der Waals surface area contributed by atoms with Crippen molar-refractivity contribution in [3.63, 3.8) is 0 Å². The van der Waals surface area contributed by atoms with Crippen LogP contribution in [0.15, 0.2) is 41.0 Å². The van der Waals surface area contributed by atoms with E-state index in [1.54, 1.807) is 44.6 Å². The van der Waals surface area contributed by atoms with Gasteiger partial charge in [0, 0.05) is 26.8 Å². The molecule has 0 N–H and O–H groups in total. The molecule has 0 radical (unpaired) electrons. The molecule has 0 aliphatic rings. The maximum absolute atomic E-state index is 13.1. The summed E-state index contributed by atoms with van der Waals surface area (Å²) in [6, 6.07) is 9.12. The number of carbonyl (C=O) groups is 1. The van der Waals surface area contributed by atoms with Gasteiger partial charge in [-0.1, -0.05) is 6.07 Å². The minimum absolute atomic E-state index is 0.211. The quantitative estimate of drug-likeness (QED) is 0.392. The first-order valence-corrected chi connectivity index (χ1v) is 12.1. The Labute approximate surface area is 189 Å². The van der Waals surface area contributed by atoms with Crippen LogP contribution in [0, 0.1) is 0 Å². The summed E-state index contributed by atoms with van der Waals surface area (Å²) in [5.74, 6) is 1.55. The highest BCUT2D eigenvalue weighted by Gasteiger charge is 2.24. The molecule has 0 unspecified atom stereocenters. The van der Waals surface area contributed by atoms with Crippen LogP contribution in [0.5, 0.6) is 11.5 Å². The van der Waals surface area contributed by atoms with Crippen molar-refractivity contribution < 1.29 is 31.8 Å². The van der Waals surface area contributed by atoms with Gasteiger partial charge in [-0.25, -0.2) is 8.42 Å². The van der Waals surface area contributed by atoms with Crippen molar-refractivity contribution in [2.45, 2.75) is 19.4 Å². The van der Waals surface area contributed by atoms with E-state index >= 15 is 0 Å². The molecule has 0 aliphatic carbocycles. The first-order chi connectivity index (χ1) is 15.3. The summed E-state index contributed by atoms with van der Waals surface area (Å²) in [6.07, 6.45) is 3.70. The molecular weight excluding hydrogens is 436 g/mol. The first kappa shape index (κ1) is 25.7. The lowest BCUT2D eigenvalue weighted by atomic mass is 10.1. The molecule has 0 fully saturated rings. The van der Waals surface area contributed by atoms with Crippen LogP contribution in [0.1, 0.15) is 17.7 Å². The lowest BCUT2D eigenvalue weighted by Gasteiger charge is -2.26. The van der Waals surface area contributed by atoms with Crippen molar-refractivity contribution in [3.05, 3.63) is 47.9 Å². The smallest absolute Gasteiger partial charge is 0.238 e. The number of carbonyl (C=O) groups excluding carboxylic acids is 1. The molecule has 1 aromatic heterocycles. The minimum Gasteiger partial charge on any atom is -0.493 e. The van der Waals surface area contributed by atoms with Gasteiger partial charge in [-0.3, -0.25) is 4.79 Å². The van der Waals surface area contributed by atoms with Gasteiger partial charge >= 0.3 is 0 Å². The first-order valence-electron chi connectivity index (χ1n) is 10.2. The third kappa shape index (κ3) is 7.85. The topological polar surface area (TPSA) is 98.5 Å². The largest absolute Gasteiger partial charge is 0.493 e. The van der Waals surface area contributed by atoms with Crippen LogP contribution < -0.4 is 9.47 Å². The summed E-state index contributed by atoms with van der Waals surface area (Å²) >= 11 is 0. The van der Waals surface area contributed by atoms with E-state index in [-0.39, 0.29) is 25.5 Å². The fourth-order valence-corrected chi connectivity index (χ4v) is 3.99. The Balaban J connectivity index is 2.14. The van der Waals surface area contributed by atoms with Gasteiger partial charge in [-0.05, 0) is 42.7 Å². The van der Waals surface area contributed by atoms with Gasteiger partial charge in [0.05, 0.1) is 39.8 Å². The SMILES string of the molecule is COCCCN(CC(=O)N(CCc1ccc(OC)c(OC)c1)Cc1ccco1)S(C)(=O)=O. The van der Waals surface area contributed by atoms with Crippen molar-refractivity contribution in [2.24, 2.45) is 0 Å². The lowest BCUT2D eigenvalue weighted by molar-refractivity contribution is -0.132. The summed E-state index contributed by atoms with van der Waals surface area (Å²) < 4.78 is 46.6. The summed E-state index contributed by atoms with van der Waals surface area (Å²) in [4.78, 5) is 14.7. The van der Waals surface area contributed by atoms with Crippen LogP contribution in [-0.4, -0.2) is 77.4 Å². The molecular formula is C22H32N2O7S. The second-order valence-corrected chi connectivity index (χ2v) is 9.26. The van der Waals surface area contributed by atoms with E-state index in [2.05, 4.69) is 0 Å². The van der Waals surface area contributed by atoms with Gasteiger partial charge in [-0.15, -0.1) is 0 Å². The Bertz CT molecular complexity index is 945. The standard InChI is InChI=1S/C22H32N2O7S/c1-28-13-6-11-24(32(4,26)27)17-22(25)23(16-19-7-5-14-31-19)12-10-18-8-9-20(29-2)21(15-18)30-3/h5,7-9,14-15H,6,10-13,16-17H2,1-4H3. The molecule has 1 amide bonds. The van der Waals surface area contributed by atoms with Gasteiger partial charge in [0.1, 0.15) is 5.76 Å². The Kier molecular flexibility index (Phi) is 10.0. The second-order valence-electron chi connectivity index (χ2n) is 7.28. The number of nitrogens with zero attached hydrogens (tertiary/aromatic N) is 2. The number of benzene rings is 1. The molecule has 0 saturated carbocycles. The molecule has 0 saturated heterocycles. The minimum atomic E-state index is -3.54. The summed E-state index contributed by atoms with van der Waals surface area (Å²) in [7, 11) is 1.15. The van der Waals surface area contributed by atoms with Gasteiger partial charge < -0.3 is 23.5 Å². The molecule has 32 heavy (non-hydrogen) atoms. The van der Waals surface area contributed by atoms with Crippen molar-refractivity contribution in [2.75, 3.05) is 53.8 Å². The average Bonchev–Trinajstić information content (AvgIpc) is 3.28. The highest BCUT2D eigenvalue weighted by atomic mass is 32.2. The number of hydrogen-bond acceptors (Lipinski definition) is 7. The maximum Gasteiger partial charge on any atom is 0.238 e. The van der Waals surface area contributed by atoms with Gasteiger partial charge in [0.15, 0.2) is 11.5 Å². The number of furan rings is 1. The molecule has 1 heterocycles. The van der Waals surface area contributed by atoms with Gasteiger partial charge in [0.2, 0.25) is 15.9 Å². The molecule has 2 aromatic rings. The monoisotopic (exact) mass is 468 g/mol. The molecule has 0 spiro atoms. The van der Waals surface area contributed by atoms with Crippen LogP contribution in [-0.2, 0) is 32.5 Å². The zero-order valence-electron chi connectivity index (χ0n) is 19.1. The molecule has 178 valence electrons. The summed E-state index contributed by atoms with van der Waals surface area (Å²) in [5, 5.41) is 0. The number of hydrogen-bond donors (Lipinski definition) is 0. The Morgan fingerprint density at radius 2 is 1.81 bits per heavy atom. The van der Waals surface area contributed by atoms with E-state index < -0.39 is 10.0 Å². The van der Waals surface area contributed by atoms with Crippen molar-refractivity contribution in [1.82, 2.24) is 9.21 Å². The van der Waals surface area contributed by atoms with Crippen LogP contribution in [0.2, 0.25) is 0 Å². The van der Waals surface area contributed by atoms with Crippen molar-refractivity contribution in [3.8, 4) is 11.5 Å². The van der Waals surface area contributed by atoms with E-state index in [0.717, 1.165) is 11.8 Å². The van der Waals surface area contributed by atoms with Crippen LogP contribution in [0.25, 0.3) is 0 Å². The molecule has 2 rings (SSSR count). The third-order valence-electron chi connectivity index (χ3n) is 4.93. The van der Waals surface area contributed by atoms with E-state index in [1.165, 1.54) is 4.31 Å². The second kappa shape index (κ2) is 12.5. The predicted octanol–water partition coefficient (Wildman–Crippen LogP) is 2.17. The molecule has 0 bridgehead atoms. The van der Waals surface area contributed by atoms with E-state index in [4.69, 9.17) is 18.6 Å². The van der Waals surface area contributed by atoms with E-state index in [1.807, 2.05) is 18.2 Å². The normalized spacial score (nSPS) is 11.5. The lowest BCUT2D eigenvalue weighted by Crippen LogP contribution is -2.43. The number of methoxy groups -OCH3 is 3. The Morgan fingerprint density at radius 1 is 1.06 bits per heavy atom. The number of rotatable bonds is 14. The Morgan fingerprint density at radius 3 is 2.41 bits per heavy atom. The van der Waals surface area contributed by atoms with Crippen LogP contribution in [0.4, 0.5) is 0 Å². The van der Waals surface area contributed by atoms with E-state index in [0.29, 0.717) is 43.3 Å². The zero-order chi connectivity index (χ0) is 23.6. The maximum atomic E-state index is 13.1. The summed E-state index contributed by atoms with van der Waals surface area (Å²) in [6.45, 7) is 1.01. The van der Waals surface area contributed by atoms with Crippen LogP contribution >= 0.6 is 0 Å². The predicted molar refractivity (Wildman–Crippen MR) is 120 cm³/mol.